The van der Waals surface area contributed by atoms with Crippen LogP contribution in [0.15, 0.2) is 61.2 Å². The Labute approximate surface area is 149 Å². The van der Waals surface area contributed by atoms with Crippen LogP contribution in [0.3, 0.4) is 0 Å². The molecule has 6 heteroatoms. The zero-order valence-corrected chi connectivity index (χ0v) is 13.5. The standard InChI is InChI=1S/C20H12N4O2/c21-20-17(3-1-15-5-9-22-10-6-15)13-19(24(25)26)14-18(20)4-2-16-7-11-23-12-8-16/h5-14H,21H2. The minimum absolute atomic E-state index is 0.114. The molecule has 2 N–H and O–H groups in total. The Morgan fingerprint density at radius 3 is 1.62 bits per heavy atom. The third-order valence-electron chi connectivity index (χ3n) is 3.42. The van der Waals surface area contributed by atoms with Gasteiger partial charge in [-0.25, -0.2) is 0 Å². The Morgan fingerprint density at radius 2 is 1.23 bits per heavy atom. The van der Waals surface area contributed by atoms with Crippen molar-refractivity contribution < 1.29 is 4.92 Å². The molecule has 2 aromatic heterocycles. The summed E-state index contributed by atoms with van der Waals surface area (Å²) in [5.41, 5.74) is 8.50. The highest BCUT2D eigenvalue weighted by atomic mass is 16.6. The summed E-state index contributed by atoms with van der Waals surface area (Å²) in [6.07, 6.45) is 6.47. The SMILES string of the molecule is Nc1c(C#Cc2ccncc2)cc([N+](=O)[O-])cc1C#Cc1ccncc1. The Hall–Kier alpha value is -4.16. The first-order chi connectivity index (χ1) is 12.6. The van der Waals surface area contributed by atoms with E-state index < -0.39 is 4.92 Å². The Morgan fingerprint density at radius 1 is 0.808 bits per heavy atom. The van der Waals surface area contributed by atoms with Crippen LogP contribution in [0.1, 0.15) is 22.3 Å². The number of nitrogens with zero attached hydrogens (tertiary/aromatic N) is 3. The van der Waals surface area contributed by atoms with E-state index in [1.807, 2.05) is 0 Å². The number of hydrogen-bond donors (Lipinski definition) is 1. The number of non-ortho nitro benzene ring substituents is 1. The maximum absolute atomic E-state index is 11.2. The Bertz CT molecular complexity index is 994. The van der Waals surface area contributed by atoms with Crippen LogP contribution in [0.5, 0.6) is 0 Å². The predicted molar refractivity (Wildman–Crippen MR) is 97.9 cm³/mol. The van der Waals surface area contributed by atoms with Gasteiger partial charge in [-0.3, -0.25) is 20.1 Å². The monoisotopic (exact) mass is 340 g/mol. The van der Waals surface area contributed by atoms with E-state index in [-0.39, 0.29) is 5.69 Å². The average Bonchev–Trinajstić information content (AvgIpc) is 2.67. The predicted octanol–water partition coefficient (Wildman–Crippen LogP) is 2.77. The van der Waals surface area contributed by atoms with Crippen molar-refractivity contribution in [2.24, 2.45) is 0 Å². The third-order valence-corrected chi connectivity index (χ3v) is 3.42. The van der Waals surface area contributed by atoms with Crippen LogP contribution in [0.25, 0.3) is 0 Å². The van der Waals surface area contributed by atoms with Gasteiger partial charge in [0.25, 0.3) is 5.69 Å². The fraction of sp³-hybridized carbons (Fsp3) is 0. The molecule has 0 spiro atoms. The topological polar surface area (TPSA) is 94.9 Å². The molecule has 0 radical (unpaired) electrons. The molecule has 1 aromatic carbocycles. The number of benzene rings is 1. The molecule has 2 heterocycles. The average molecular weight is 340 g/mol. The molecule has 6 nitrogen and oxygen atoms in total. The van der Waals surface area contributed by atoms with Gasteiger partial charge in [0.2, 0.25) is 0 Å². The number of hydrogen-bond acceptors (Lipinski definition) is 5. The summed E-state index contributed by atoms with van der Waals surface area (Å²) >= 11 is 0. The maximum Gasteiger partial charge on any atom is 0.272 e. The van der Waals surface area contributed by atoms with E-state index in [4.69, 9.17) is 5.73 Å². The smallest absolute Gasteiger partial charge is 0.272 e. The maximum atomic E-state index is 11.2. The number of nitrogens with two attached hydrogens (primary N) is 1. The van der Waals surface area contributed by atoms with Crippen molar-refractivity contribution in [3.8, 4) is 23.7 Å². The zero-order chi connectivity index (χ0) is 18.4. The molecule has 0 amide bonds. The number of nitro groups is 1. The van der Waals surface area contributed by atoms with Crippen LogP contribution < -0.4 is 5.73 Å². The molecular formula is C20H12N4O2. The first-order valence-corrected chi connectivity index (χ1v) is 7.55. The van der Waals surface area contributed by atoms with Gasteiger partial charge < -0.3 is 5.73 Å². The highest BCUT2D eigenvalue weighted by molar-refractivity contribution is 5.70. The number of nitro benzene ring substituents is 1. The molecule has 0 aliphatic rings. The summed E-state index contributed by atoms with van der Waals surface area (Å²) < 4.78 is 0. The fourth-order valence-electron chi connectivity index (χ4n) is 2.10. The molecule has 124 valence electrons. The van der Waals surface area contributed by atoms with Gasteiger partial charge in [-0.15, -0.1) is 0 Å². The van der Waals surface area contributed by atoms with Crippen molar-refractivity contribution in [1.29, 1.82) is 0 Å². The van der Waals surface area contributed by atoms with Gasteiger partial charge in [-0.05, 0) is 24.3 Å². The molecule has 0 saturated carbocycles. The fourth-order valence-corrected chi connectivity index (χ4v) is 2.10. The van der Waals surface area contributed by atoms with Gasteiger partial charge in [0.15, 0.2) is 0 Å². The highest BCUT2D eigenvalue weighted by Crippen LogP contribution is 2.24. The van der Waals surface area contributed by atoms with Gasteiger partial charge in [-0.2, -0.15) is 0 Å². The first-order valence-electron chi connectivity index (χ1n) is 7.55. The number of anilines is 1. The van der Waals surface area contributed by atoms with Gasteiger partial charge in [0, 0.05) is 48.0 Å². The molecule has 3 rings (SSSR count). The minimum Gasteiger partial charge on any atom is -0.397 e. The first kappa shape index (κ1) is 16.7. The number of nitrogen functional groups attached to an aromatic ring is 1. The van der Waals surface area contributed by atoms with E-state index in [1.54, 1.807) is 49.1 Å². The summed E-state index contributed by atoms with van der Waals surface area (Å²) in [6, 6.07) is 9.66. The molecule has 0 aliphatic heterocycles. The molecule has 0 aliphatic carbocycles. The van der Waals surface area contributed by atoms with Crippen LogP contribution >= 0.6 is 0 Å². The van der Waals surface area contributed by atoms with Crippen molar-refractivity contribution in [1.82, 2.24) is 9.97 Å². The van der Waals surface area contributed by atoms with Gasteiger partial charge in [0.05, 0.1) is 21.7 Å². The lowest BCUT2D eigenvalue weighted by Gasteiger charge is -2.02. The second kappa shape index (κ2) is 7.61. The minimum atomic E-state index is -0.491. The van der Waals surface area contributed by atoms with E-state index in [9.17, 15) is 10.1 Å². The lowest BCUT2D eigenvalue weighted by molar-refractivity contribution is -0.384. The highest BCUT2D eigenvalue weighted by Gasteiger charge is 2.12. The Balaban J connectivity index is 2.06. The van der Waals surface area contributed by atoms with Crippen molar-refractivity contribution in [3.05, 3.63) is 93.6 Å². The summed E-state index contributed by atoms with van der Waals surface area (Å²) in [4.78, 5) is 18.6. The molecule has 0 saturated heterocycles. The summed E-state index contributed by atoms with van der Waals surface area (Å²) in [6.45, 7) is 0. The molecule has 0 atom stereocenters. The summed E-state index contributed by atoms with van der Waals surface area (Å²) in [5.74, 6) is 11.6. The molecule has 0 bridgehead atoms. The van der Waals surface area contributed by atoms with Crippen LogP contribution in [-0.4, -0.2) is 14.9 Å². The molecule has 3 aromatic rings. The number of rotatable bonds is 1. The van der Waals surface area contributed by atoms with E-state index in [0.717, 1.165) is 11.1 Å². The molecule has 0 unspecified atom stereocenters. The van der Waals surface area contributed by atoms with Crippen LogP contribution in [-0.2, 0) is 0 Å². The van der Waals surface area contributed by atoms with E-state index in [1.165, 1.54) is 12.1 Å². The van der Waals surface area contributed by atoms with Gasteiger partial charge >= 0.3 is 0 Å². The zero-order valence-electron chi connectivity index (χ0n) is 13.5. The Kier molecular flexibility index (Phi) is 4.88. The van der Waals surface area contributed by atoms with Crippen LogP contribution in [0.2, 0.25) is 0 Å². The van der Waals surface area contributed by atoms with Crippen molar-refractivity contribution >= 4 is 11.4 Å². The van der Waals surface area contributed by atoms with Gasteiger partial charge in [0.1, 0.15) is 0 Å². The van der Waals surface area contributed by atoms with Crippen molar-refractivity contribution in [3.63, 3.8) is 0 Å². The molecule has 26 heavy (non-hydrogen) atoms. The van der Waals surface area contributed by atoms with Gasteiger partial charge in [-0.1, -0.05) is 23.7 Å². The third kappa shape index (κ3) is 4.02. The van der Waals surface area contributed by atoms with E-state index in [2.05, 4.69) is 33.6 Å². The van der Waals surface area contributed by atoms with E-state index >= 15 is 0 Å². The van der Waals surface area contributed by atoms with E-state index in [0.29, 0.717) is 16.8 Å². The normalized spacial score (nSPS) is 9.38. The summed E-state index contributed by atoms with van der Waals surface area (Å²) in [7, 11) is 0. The quantitative estimate of drug-likeness (QED) is 0.318. The number of aromatic nitrogens is 2. The van der Waals surface area contributed by atoms with Crippen LogP contribution in [0.4, 0.5) is 11.4 Å². The lowest BCUT2D eigenvalue weighted by atomic mass is 10.1. The van der Waals surface area contributed by atoms with Crippen molar-refractivity contribution in [2.45, 2.75) is 0 Å². The second-order valence-electron chi connectivity index (χ2n) is 5.18. The summed E-state index contributed by atoms with van der Waals surface area (Å²) in [5, 5.41) is 11.2. The largest absolute Gasteiger partial charge is 0.397 e. The second-order valence-corrected chi connectivity index (χ2v) is 5.18. The molecule has 0 fully saturated rings. The number of pyridine rings is 2. The molecular weight excluding hydrogens is 328 g/mol. The van der Waals surface area contributed by atoms with Crippen molar-refractivity contribution in [2.75, 3.05) is 5.73 Å². The van der Waals surface area contributed by atoms with Crippen LogP contribution in [0, 0.1) is 33.8 Å². The lowest BCUT2D eigenvalue weighted by Crippen LogP contribution is -1.98.